The summed E-state index contributed by atoms with van der Waals surface area (Å²) in [6, 6.07) is 9.15. The zero-order valence-electron chi connectivity index (χ0n) is 10.0. The van der Waals surface area contributed by atoms with Gasteiger partial charge in [0.25, 0.3) is 0 Å². The Labute approximate surface area is 101 Å². The van der Waals surface area contributed by atoms with Crippen molar-refractivity contribution < 1.29 is 9.90 Å². The summed E-state index contributed by atoms with van der Waals surface area (Å²) < 4.78 is 0. The number of hydrogen-bond donors (Lipinski definition) is 2. The van der Waals surface area contributed by atoms with Crippen LogP contribution >= 0.6 is 0 Å². The number of amides is 1. The number of nitrogens with one attached hydrogen (secondary N) is 1. The normalized spacial score (nSPS) is 10.7. The Balaban J connectivity index is 2.70. The summed E-state index contributed by atoms with van der Waals surface area (Å²) in [6.07, 6.45) is 0.595. The number of carbonyl (C=O) groups excluding carboxylic acids is 1. The number of aliphatic hydroxyl groups excluding tert-OH is 1. The minimum absolute atomic E-state index is 0.104. The maximum absolute atomic E-state index is 11.7. The first kappa shape index (κ1) is 13.2. The van der Waals surface area contributed by atoms with Gasteiger partial charge in [0.2, 0.25) is 5.91 Å². The van der Waals surface area contributed by atoms with Crippen molar-refractivity contribution in [2.24, 2.45) is 5.41 Å². The summed E-state index contributed by atoms with van der Waals surface area (Å²) in [5.74, 6) is -0.324. The molecular weight excluding hydrogens is 216 g/mol. The van der Waals surface area contributed by atoms with E-state index in [1.54, 1.807) is 26.0 Å². The molecule has 4 heteroatoms. The van der Waals surface area contributed by atoms with E-state index in [-0.39, 0.29) is 12.5 Å². The largest absolute Gasteiger partial charge is 0.396 e. The Kier molecular flexibility index (Phi) is 4.24. The topological polar surface area (TPSA) is 73.1 Å². The van der Waals surface area contributed by atoms with Crippen LogP contribution in [0, 0.1) is 16.7 Å². The average Bonchev–Trinajstić information content (AvgIpc) is 2.32. The number of hydrogen-bond acceptors (Lipinski definition) is 3. The average molecular weight is 232 g/mol. The highest BCUT2D eigenvalue weighted by molar-refractivity contribution is 5.96. The molecule has 0 bridgehead atoms. The van der Waals surface area contributed by atoms with Crippen LogP contribution in [-0.2, 0) is 11.2 Å². The molecule has 90 valence electrons. The Morgan fingerprint density at radius 2 is 2.00 bits per heavy atom. The summed E-state index contributed by atoms with van der Waals surface area (Å²) >= 11 is 0. The van der Waals surface area contributed by atoms with E-state index in [1.165, 1.54) is 0 Å². The summed E-state index contributed by atoms with van der Waals surface area (Å²) in [4.78, 5) is 11.7. The number of aliphatic hydroxyl groups is 1. The van der Waals surface area contributed by atoms with Crippen molar-refractivity contribution in [1.82, 2.24) is 0 Å². The fourth-order valence-electron chi connectivity index (χ4n) is 1.22. The van der Waals surface area contributed by atoms with E-state index in [0.29, 0.717) is 12.1 Å². The minimum atomic E-state index is -1.04. The van der Waals surface area contributed by atoms with Gasteiger partial charge in [-0.2, -0.15) is 5.26 Å². The molecule has 4 nitrogen and oxygen atoms in total. The van der Waals surface area contributed by atoms with Gasteiger partial charge in [-0.05, 0) is 38.0 Å². The van der Waals surface area contributed by atoms with Gasteiger partial charge in [0.05, 0.1) is 6.07 Å². The molecule has 0 aliphatic heterocycles. The molecule has 1 aromatic carbocycles. The van der Waals surface area contributed by atoms with Gasteiger partial charge in [0, 0.05) is 12.3 Å². The van der Waals surface area contributed by atoms with Gasteiger partial charge >= 0.3 is 0 Å². The molecule has 0 spiro atoms. The zero-order valence-corrected chi connectivity index (χ0v) is 10.0. The van der Waals surface area contributed by atoms with Gasteiger partial charge in [-0.25, -0.2) is 0 Å². The summed E-state index contributed by atoms with van der Waals surface area (Å²) in [7, 11) is 0. The van der Waals surface area contributed by atoms with Gasteiger partial charge < -0.3 is 10.4 Å². The number of rotatable bonds is 4. The van der Waals surface area contributed by atoms with E-state index in [9.17, 15) is 4.79 Å². The lowest BCUT2D eigenvalue weighted by atomic mass is 9.94. The summed E-state index contributed by atoms with van der Waals surface area (Å²) in [5.41, 5.74) is 0.620. The standard InChI is InChI=1S/C13H16N2O2/c1-13(2,9-14)12(17)15-11-5-3-10(4-6-11)7-8-16/h3-6,16H,7-8H2,1-2H3,(H,15,17). The highest BCUT2D eigenvalue weighted by atomic mass is 16.2. The molecule has 0 radical (unpaired) electrons. The first-order valence-electron chi connectivity index (χ1n) is 5.42. The monoisotopic (exact) mass is 232 g/mol. The van der Waals surface area contributed by atoms with E-state index in [1.807, 2.05) is 18.2 Å². The molecular formula is C13H16N2O2. The third-order valence-electron chi connectivity index (χ3n) is 2.46. The molecule has 0 unspecified atom stereocenters. The van der Waals surface area contributed by atoms with Gasteiger partial charge in [0.1, 0.15) is 5.41 Å². The van der Waals surface area contributed by atoms with E-state index >= 15 is 0 Å². The number of benzene rings is 1. The van der Waals surface area contributed by atoms with Crippen molar-refractivity contribution in [3.63, 3.8) is 0 Å². The van der Waals surface area contributed by atoms with E-state index in [2.05, 4.69) is 5.32 Å². The fourth-order valence-corrected chi connectivity index (χ4v) is 1.22. The van der Waals surface area contributed by atoms with Crippen LogP contribution in [-0.4, -0.2) is 17.6 Å². The fraction of sp³-hybridized carbons (Fsp3) is 0.385. The summed E-state index contributed by atoms with van der Waals surface area (Å²) in [6.45, 7) is 3.25. The number of nitriles is 1. The Morgan fingerprint density at radius 3 is 2.47 bits per heavy atom. The first-order chi connectivity index (χ1) is 7.99. The van der Waals surface area contributed by atoms with E-state index in [4.69, 9.17) is 10.4 Å². The molecule has 0 aliphatic rings. The third-order valence-corrected chi connectivity index (χ3v) is 2.46. The summed E-state index contributed by atoms with van der Waals surface area (Å²) in [5, 5.41) is 20.3. The van der Waals surface area contributed by atoms with Crippen molar-refractivity contribution in [3.05, 3.63) is 29.8 Å². The van der Waals surface area contributed by atoms with Crippen molar-refractivity contribution in [3.8, 4) is 6.07 Å². The van der Waals surface area contributed by atoms with Crippen LogP contribution in [0.25, 0.3) is 0 Å². The van der Waals surface area contributed by atoms with E-state index in [0.717, 1.165) is 5.56 Å². The molecule has 1 rings (SSSR count). The Bertz CT molecular complexity index is 430. The van der Waals surface area contributed by atoms with Crippen LogP contribution < -0.4 is 5.32 Å². The van der Waals surface area contributed by atoms with E-state index < -0.39 is 5.41 Å². The molecule has 0 aliphatic carbocycles. The van der Waals surface area contributed by atoms with Crippen molar-refractivity contribution >= 4 is 11.6 Å². The lowest BCUT2D eigenvalue weighted by Gasteiger charge is -2.15. The Morgan fingerprint density at radius 1 is 1.41 bits per heavy atom. The number of anilines is 1. The second kappa shape index (κ2) is 5.46. The molecule has 0 saturated heterocycles. The molecule has 0 atom stereocenters. The highest BCUT2D eigenvalue weighted by Crippen LogP contribution is 2.17. The van der Waals surface area contributed by atoms with Crippen molar-refractivity contribution in [1.29, 1.82) is 5.26 Å². The Hall–Kier alpha value is -1.86. The molecule has 1 aromatic rings. The SMILES string of the molecule is CC(C)(C#N)C(=O)Nc1ccc(CCO)cc1. The third kappa shape index (κ3) is 3.58. The zero-order chi connectivity index (χ0) is 12.9. The van der Waals surface area contributed by atoms with Crippen molar-refractivity contribution in [2.75, 3.05) is 11.9 Å². The van der Waals surface area contributed by atoms with Gasteiger partial charge in [-0.15, -0.1) is 0 Å². The van der Waals surface area contributed by atoms with Gasteiger partial charge in [-0.1, -0.05) is 12.1 Å². The van der Waals surface area contributed by atoms with Crippen molar-refractivity contribution in [2.45, 2.75) is 20.3 Å². The van der Waals surface area contributed by atoms with Crippen LogP contribution in [0.1, 0.15) is 19.4 Å². The second-order valence-corrected chi connectivity index (χ2v) is 4.36. The molecule has 1 amide bonds. The van der Waals surface area contributed by atoms with Crippen LogP contribution in [0.3, 0.4) is 0 Å². The quantitative estimate of drug-likeness (QED) is 0.830. The number of nitrogens with zero attached hydrogens (tertiary/aromatic N) is 1. The maximum atomic E-state index is 11.7. The minimum Gasteiger partial charge on any atom is -0.396 e. The van der Waals surface area contributed by atoms with Gasteiger partial charge in [-0.3, -0.25) is 4.79 Å². The second-order valence-electron chi connectivity index (χ2n) is 4.36. The molecule has 0 saturated carbocycles. The predicted molar refractivity (Wildman–Crippen MR) is 65.3 cm³/mol. The smallest absolute Gasteiger partial charge is 0.244 e. The molecule has 2 N–H and O–H groups in total. The number of carbonyl (C=O) groups is 1. The van der Waals surface area contributed by atoms with Crippen LogP contribution in [0.15, 0.2) is 24.3 Å². The molecule has 17 heavy (non-hydrogen) atoms. The van der Waals surface area contributed by atoms with Crippen LogP contribution in [0.2, 0.25) is 0 Å². The van der Waals surface area contributed by atoms with Crippen LogP contribution in [0.4, 0.5) is 5.69 Å². The lowest BCUT2D eigenvalue weighted by molar-refractivity contribution is -0.121. The molecule has 0 heterocycles. The lowest BCUT2D eigenvalue weighted by Crippen LogP contribution is -2.29. The molecule has 0 fully saturated rings. The highest BCUT2D eigenvalue weighted by Gasteiger charge is 2.27. The van der Waals surface area contributed by atoms with Crippen LogP contribution in [0.5, 0.6) is 0 Å². The predicted octanol–water partition coefficient (Wildman–Crippen LogP) is 1.71. The first-order valence-corrected chi connectivity index (χ1v) is 5.42. The maximum Gasteiger partial charge on any atom is 0.244 e. The molecule has 0 aromatic heterocycles. The van der Waals surface area contributed by atoms with Gasteiger partial charge in [0.15, 0.2) is 0 Å².